The van der Waals surface area contributed by atoms with Crippen molar-refractivity contribution in [3.63, 3.8) is 0 Å². The standard InChI is InChI=1S/C14H14FN3O2/c1-20-13-6-9(15)2-3-11(13)12-4-5-14(19)18(17-12)10-7-16-8-10/h2-6,10,16H,7-8H2,1H3. The molecule has 0 bridgehead atoms. The summed E-state index contributed by atoms with van der Waals surface area (Å²) in [6.07, 6.45) is 0. The molecule has 0 aliphatic carbocycles. The van der Waals surface area contributed by atoms with Gasteiger partial charge in [-0.2, -0.15) is 5.10 Å². The Balaban J connectivity index is 2.08. The lowest BCUT2D eigenvalue weighted by Crippen LogP contribution is -2.47. The largest absolute Gasteiger partial charge is 0.496 e. The first-order chi connectivity index (χ1) is 9.69. The molecule has 104 valence electrons. The Morgan fingerprint density at radius 1 is 1.35 bits per heavy atom. The van der Waals surface area contributed by atoms with E-state index in [1.807, 2.05) is 0 Å². The molecule has 1 aromatic heterocycles. The molecular formula is C14H14FN3O2. The SMILES string of the molecule is COc1cc(F)ccc1-c1ccc(=O)n(C2CNC2)n1. The first kappa shape index (κ1) is 12.8. The highest BCUT2D eigenvalue weighted by atomic mass is 19.1. The van der Waals surface area contributed by atoms with E-state index in [1.54, 1.807) is 12.1 Å². The number of nitrogens with one attached hydrogen (secondary N) is 1. The highest BCUT2D eigenvalue weighted by Gasteiger charge is 2.21. The van der Waals surface area contributed by atoms with Gasteiger partial charge in [-0.25, -0.2) is 9.07 Å². The van der Waals surface area contributed by atoms with Gasteiger partial charge in [0.1, 0.15) is 11.6 Å². The number of hydrogen-bond acceptors (Lipinski definition) is 4. The van der Waals surface area contributed by atoms with Crippen molar-refractivity contribution >= 4 is 0 Å². The third-order valence-electron chi connectivity index (χ3n) is 3.37. The van der Waals surface area contributed by atoms with Crippen LogP contribution in [0.2, 0.25) is 0 Å². The average Bonchev–Trinajstić information content (AvgIpc) is 2.39. The molecule has 2 aromatic rings. The molecule has 1 fully saturated rings. The van der Waals surface area contributed by atoms with Crippen LogP contribution in [0.15, 0.2) is 35.1 Å². The predicted molar refractivity (Wildman–Crippen MR) is 72.3 cm³/mol. The van der Waals surface area contributed by atoms with Gasteiger partial charge in [-0.3, -0.25) is 4.79 Å². The van der Waals surface area contributed by atoms with Crippen molar-refractivity contribution < 1.29 is 9.13 Å². The Bertz CT molecular complexity index is 695. The molecule has 0 atom stereocenters. The van der Waals surface area contributed by atoms with Gasteiger partial charge in [0.05, 0.1) is 18.8 Å². The minimum Gasteiger partial charge on any atom is -0.496 e. The maximum absolute atomic E-state index is 13.2. The number of nitrogens with zero attached hydrogens (tertiary/aromatic N) is 2. The Hall–Kier alpha value is -2.21. The van der Waals surface area contributed by atoms with Gasteiger partial charge in [-0.1, -0.05) is 0 Å². The van der Waals surface area contributed by atoms with Crippen LogP contribution in [-0.4, -0.2) is 30.0 Å². The molecule has 1 N–H and O–H groups in total. The van der Waals surface area contributed by atoms with Gasteiger partial charge in [-0.05, 0) is 18.2 Å². The van der Waals surface area contributed by atoms with Crippen LogP contribution in [0, 0.1) is 5.82 Å². The molecule has 0 amide bonds. The van der Waals surface area contributed by atoms with Crippen LogP contribution < -0.4 is 15.6 Å². The molecule has 0 saturated carbocycles. The summed E-state index contributed by atoms with van der Waals surface area (Å²) in [6, 6.07) is 7.43. The summed E-state index contributed by atoms with van der Waals surface area (Å²) >= 11 is 0. The van der Waals surface area contributed by atoms with Gasteiger partial charge < -0.3 is 10.1 Å². The Labute approximate surface area is 115 Å². The third kappa shape index (κ3) is 2.18. The van der Waals surface area contributed by atoms with Crippen LogP contribution in [0.4, 0.5) is 4.39 Å². The van der Waals surface area contributed by atoms with Crippen molar-refractivity contribution in [3.8, 4) is 17.0 Å². The van der Waals surface area contributed by atoms with Crippen LogP contribution in [0.25, 0.3) is 11.3 Å². The van der Waals surface area contributed by atoms with Crippen LogP contribution in [0.1, 0.15) is 6.04 Å². The second-order valence-electron chi connectivity index (χ2n) is 4.66. The number of methoxy groups -OCH3 is 1. The normalized spacial score (nSPS) is 14.9. The summed E-state index contributed by atoms with van der Waals surface area (Å²) in [5.41, 5.74) is 1.12. The Morgan fingerprint density at radius 2 is 2.15 bits per heavy atom. The van der Waals surface area contributed by atoms with Gasteiger partial charge in [0.2, 0.25) is 0 Å². The van der Waals surface area contributed by atoms with Crippen molar-refractivity contribution in [3.05, 3.63) is 46.5 Å². The third-order valence-corrected chi connectivity index (χ3v) is 3.37. The highest BCUT2D eigenvalue weighted by molar-refractivity contribution is 5.66. The molecule has 1 aliphatic rings. The van der Waals surface area contributed by atoms with Crippen LogP contribution in [-0.2, 0) is 0 Å². The average molecular weight is 275 g/mol. The molecule has 5 nitrogen and oxygen atoms in total. The monoisotopic (exact) mass is 275 g/mol. The zero-order valence-electron chi connectivity index (χ0n) is 11.0. The minimum atomic E-state index is -0.373. The summed E-state index contributed by atoms with van der Waals surface area (Å²) in [7, 11) is 1.48. The summed E-state index contributed by atoms with van der Waals surface area (Å²) in [5.74, 6) is 0.0246. The topological polar surface area (TPSA) is 56.1 Å². The number of aromatic nitrogens is 2. The van der Waals surface area contributed by atoms with Crippen LogP contribution in [0.3, 0.4) is 0 Å². The summed E-state index contributed by atoms with van der Waals surface area (Å²) in [6.45, 7) is 1.47. The summed E-state index contributed by atoms with van der Waals surface area (Å²) < 4.78 is 19.9. The molecule has 1 saturated heterocycles. The summed E-state index contributed by atoms with van der Waals surface area (Å²) in [5, 5.41) is 7.47. The molecule has 20 heavy (non-hydrogen) atoms. The number of benzene rings is 1. The van der Waals surface area contributed by atoms with E-state index in [1.165, 1.54) is 30.0 Å². The van der Waals surface area contributed by atoms with Gasteiger partial charge in [0, 0.05) is 30.8 Å². The van der Waals surface area contributed by atoms with Crippen molar-refractivity contribution in [2.75, 3.05) is 20.2 Å². The number of rotatable bonds is 3. The van der Waals surface area contributed by atoms with Crippen molar-refractivity contribution in [2.45, 2.75) is 6.04 Å². The van der Waals surface area contributed by atoms with E-state index in [9.17, 15) is 9.18 Å². The quantitative estimate of drug-likeness (QED) is 0.914. The van der Waals surface area contributed by atoms with Gasteiger partial charge >= 0.3 is 0 Å². The minimum absolute atomic E-state index is 0.0777. The van der Waals surface area contributed by atoms with E-state index in [0.717, 1.165) is 13.1 Å². The number of hydrogen-bond donors (Lipinski definition) is 1. The Morgan fingerprint density at radius 3 is 2.80 bits per heavy atom. The molecule has 0 unspecified atom stereocenters. The van der Waals surface area contributed by atoms with Gasteiger partial charge in [0.25, 0.3) is 5.56 Å². The van der Waals surface area contributed by atoms with E-state index in [4.69, 9.17) is 4.74 Å². The van der Waals surface area contributed by atoms with Gasteiger partial charge in [0.15, 0.2) is 0 Å². The molecule has 0 radical (unpaired) electrons. The van der Waals surface area contributed by atoms with E-state index in [2.05, 4.69) is 10.4 Å². The van der Waals surface area contributed by atoms with E-state index in [-0.39, 0.29) is 17.4 Å². The zero-order valence-corrected chi connectivity index (χ0v) is 11.0. The number of ether oxygens (including phenoxy) is 1. The van der Waals surface area contributed by atoms with Crippen molar-refractivity contribution in [2.24, 2.45) is 0 Å². The lowest BCUT2D eigenvalue weighted by molar-refractivity contribution is 0.307. The molecule has 3 rings (SSSR count). The van der Waals surface area contributed by atoms with Crippen molar-refractivity contribution in [1.29, 1.82) is 0 Å². The summed E-state index contributed by atoms with van der Waals surface area (Å²) in [4.78, 5) is 11.8. The molecular weight excluding hydrogens is 261 g/mol. The second kappa shape index (κ2) is 5.05. The molecule has 1 aliphatic heterocycles. The lowest BCUT2D eigenvalue weighted by atomic mass is 10.1. The molecule has 6 heteroatoms. The fourth-order valence-electron chi connectivity index (χ4n) is 2.15. The predicted octanol–water partition coefficient (Wildman–Crippen LogP) is 1.20. The molecule has 2 heterocycles. The second-order valence-corrected chi connectivity index (χ2v) is 4.66. The fraction of sp³-hybridized carbons (Fsp3) is 0.286. The fourth-order valence-corrected chi connectivity index (χ4v) is 2.15. The highest BCUT2D eigenvalue weighted by Crippen LogP contribution is 2.28. The van der Waals surface area contributed by atoms with Crippen molar-refractivity contribution in [1.82, 2.24) is 15.1 Å². The zero-order chi connectivity index (χ0) is 14.1. The smallest absolute Gasteiger partial charge is 0.267 e. The van der Waals surface area contributed by atoms with E-state index < -0.39 is 0 Å². The van der Waals surface area contributed by atoms with Crippen LogP contribution >= 0.6 is 0 Å². The lowest BCUT2D eigenvalue weighted by Gasteiger charge is -2.28. The maximum Gasteiger partial charge on any atom is 0.267 e. The Kier molecular flexibility index (Phi) is 3.23. The first-order valence-corrected chi connectivity index (χ1v) is 6.33. The maximum atomic E-state index is 13.2. The van der Waals surface area contributed by atoms with E-state index in [0.29, 0.717) is 17.0 Å². The van der Waals surface area contributed by atoms with E-state index >= 15 is 0 Å². The van der Waals surface area contributed by atoms with Crippen LogP contribution in [0.5, 0.6) is 5.75 Å². The molecule has 0 spiro atoms. The molecule has 1 aromatic carbocycles. The first-order valence-electron chi connectivity index (χ1n) is 6.33. The number of halogens is 1. The van der Waals surface area contributed by atoms with Gasteiger partial charge in [-0.15, -0.1) is 0 Å².